The maximum absolute atomic E-state index is 11.8. The van der Waals surface area contributed by atoms with Crippen molar-refractivity contribution in [2.75, 3.05) is 0 Å². The van der Waals surface area contributed by atoms with E-state index in [9.17, 15) is 9.59 Å². The van der Waals surface area contributed by atoms with Gasteiger partial charge < -0.3 is 10.4 Å². The molecule has 1 fully saturated rings. The number of carbonyl (C=O) groups is 2. The number of nitrogens with one attached hydrogen (secondary N) is 1. The van der Waals surface area contributed by atoms with Gasteiger partial charge in [-0.3, -0.25) is 4.79 Å². The van der Waals surface area contributed by atoms with E-state index in [2.05, 4.69) is 5.32 Å². The average Bonchev–Trinajstić information content (AvgIpc) is 2.35. The summed E-state index contributed by atoms with van der Waals surface area (Å²) >= 11 is 11.7. The van der Waals surface area contributed by atoms with E-state index in [1.165, 1.54) is 0 Å². The summed E-state index contributed by atoms with van der Waals surface area (Å²) in [5.74, 6) is -1.20. The smallest absolute Gasteiger partial charge is 0.329 e. The molecule has 0 unspecified atom stereocenters. The molecule has 1 amide bonds. The summed E-state index contributed by atoms with van der Waals surface area (Å²) in [7, 11) is 0. The molecule has 0 heterocycles. The van der Waals surface area contributed by atoms with Crippen LogP contribution in [0.5, 0.6) is 0 Å². The summed E-state index contributed by atoms with van der Waals surface area (Å²) < 4.78 is 0. The predicted molar refractivity (Wildman–Crippen MR) is 77.1 cm³/mol. The van der Waals surface area contributed by atoms with Gasteiger partial charge in [-0.05, 0) is 43.4 Å². The molecule has 0 radical (unpaired) electrons. The van der Waals surface area contributed by atoms with E-state index in [4.69, 9.17) is 28.3 Å². The minimum Gasteiger partial charge on any atom is -0.480 e. The van der Waals surface area contributed by atoms with Crippen LogP contribution in [-0.2, 0) is 16.0 Å². The van der Waals surface area contributed by atoms with Crippen LogP contribution in [0.4, 0.5) is 0 Å². The Bertz CT molecular complexity index is 541. The number of aryl methyl sites for hydroxylation is 1. The fourth-order valence-corrected chi connectivity index (χ4v) is 2.53. The third-order valence-corrected chi connectivity index (χ3v) is 4.36. The van der Waals surface area contributed by atoms with Gasteiger partial charge in [0.05, 0.1) is 10.0 Å². The molecule has 0 bridgehead atoms. The number of amides is 1. The molecule has 0 spiro atoms. The van der Waals surface area contributed by atoms with Crippen LogP contribution in [0.25, 0.3) is 0 Å². The average molecular weight is 316 g/mol. The van der Waals surface area contributed by atoms with Crippen LogP contribution in [0.3, 0.4) is 0 Å². The summed E-state index contributed by atoms with van der Waals surface area (Å²) in [5, 5.41) is 12.7. The molecule has 0 saturated heterocycles. The summed E-state index contributed by atoms with van der Waals surface area (Å²) in [5.41, 5.74) is -0.151. The highest BCUT2D eigenvalue weighted by Gasteiger charge is 2.45. The first-order valence-corrected chi connectivity index (χ1v) is 7.17. The van der Waals surface area contributed by atoms with Crippen molar-refractivity contribution < 1.29 is 14.7 Å². The lowest BCUT2D eigenvalue weighted by atomic mass is 9.76. The van der Waals surface area contributed by atoms with Crippen LogP contribution < -0.4 is 5.32 Å². The van der Waals surface area contributed by atoms with Crippen molar-refractivity contribution in [3.05, 3.63) is 33.8 Å². The van der Waals surface area contributed by atoms with E-state index in [1.54, 1.807) is 18.2 Å². The molecule has 0 aromatic heterocycles. The molecule has 2 N–H and O–H groups in total. The number of rotatable bonds is 5. The molecule has 1 aromatic rings. The first-order chi connectivity index (χ1) is 9.43. The van der Waals surface area contributed by atoms with E-state index >= 15 is 0 Å². The molecule has 1 aliphatic rings. The molecule has 2 rings (SSSR count). The Morgan fingerprint density at radius 3 is 2.45 bits per heavy atom. The number of hydrogen-bond donors (Lipinski definition) is 2. The number of carbonyl (C=O) groups excluding carboxylic acids is 1. The number of aliphatic carboxylic acids is 1. The van der Waals surface area contributed by atoms with Crippen LogP contribution >= 0.6 is 23.2 Å². The van der Waals surface area contributed by atoms with Gasteiger partial charge in [-0.1, -0.05) is 29.3 Å². The Labute approximate surface area is 127 Å². The molecule has 20 heavy (non-hydrogen) atoms. The molecule has 1 aliphatic carbocycles. The Hall–Kier alpha value is -1.26. The van der Waals surface area contributed by atoms with Crippen molar-refractivity contribution in [2.45, 2.75) is 37.6 Å². The lowest BCUT2D eigenvalue weighted by Crippen LogP contribution is -2.59. The van der Waals surface area contributed by atoms with Gasteiger partial charge in [-0.15, -0.1) is 0 Å². The highest BCUT2D eigenvalue weighted by molar-refractivity contribution is 6.42. The van der Waals surface area contributed by atoms with E-state index in [0.717, 1.165) is 12.0 Å². The maximum Gasteiger partial charge on any atom is 0.329 e. The Kier molecular flexibility index (Phi) is 4.55. The van der Waals surface area contributed by atoms with Crippen LogP contribution in [-0.4, -0.2) is 22.5 Å². The van der Waals surface area contributed by atoms with Crippen molar-refractivity contribution in [3.63, 3.8) is 0 Å². The molecule has 4 nitrogen and oxygen atoms in total. The lowest BCUT2D eigenvalue weighted by Gasteiger charge is -2.38. The standard InChI is InChI=1S/C14H15Cl2NO3/c15-10-4-2-9(8-11(10)16)3-5-12(18)17-14(13(19)20)6-1-7-14/h2,4,8H,1,3,5-7H2,(H,17,18)(H,19,20). The molecule has 0 aliphatic heterocycles. The molecule has 108 valence electrons. The summed E-state index contributed by atoms with van der Waals surface area (Å²) in [6.07, 6.45) is 2.56. The highest BCUT2D eigenvalue weighted by Crippen LogP contribution is 2.32. The third kappa shape index (κ3) is 3.25. The second-order valence-electron chi connectivity index (χ2n) is 5.04. The summed E-state index contributed by atoms with van der Waals surface area (Å²) in [6.45, 7) is 0. The second-order valence-corrected chi connectivity index (χ2v) is 5.85. The van der Waals surface area contributed by atoms with E-state index in [1.807, 2.05) is 0 Å². The topological polar surface area (TPSA) is 66.4 Å². The van der Waals surface area contributed by atoms with Gasteiger partial charge in [-0.25, -0.2) is 4.79 Å². The number of carboxylic acids is 1. The SMILES string of the molecule is O=C(CCc1ccc(Cl)c(Cl)c1)NC1(C(=O)O)CCC1. The van der Waals surface area contributed by atoms with E-state index in [0.29, 0.717) is 29.3 Å². The molecule has 1 aromatic carbocycles. The second kappa shape index (κ2) is 6.02. The molecule has 6 heteroatoms. The van der Waals surface area contributed by atoms with Crippen molar-refractivity contribution in [1.29, 1.82) is 0 Å². The molecule has 0 atom stereocenters. The number of hydrogen-bond acceptors (Lipinski definition) is 2. The Balaban J connectivity index is 1.89. The van der Waals surface area contributed by atoms with Crippen LogP contribution in [0, 0.1) is 0 Å². The number of carboxylic acid groups (broad SMARTS) is 1. The van der Waals surface area contributed by atoms with Gasteiger partial charge in [-0.2, -0.15) is 0 Å². The first-order valence-electron chi connectivity index (χ1n) is 6.41. The zero-order valence-electron chi connectivity index (χ0n) is 10.8. The zero-order chi connectivity index (χ0) is 14.8. The minimum absolute atomic E-state index is 0.229. The van der Waals surface area contributed by atoms with Gasteiger partial charge >= 0.3 is 5.97 Å². The lowest BCUT2D eigenvalue weighted by molar-refractivity contribution is -0.151. The van der Waals surface area contributed by atoms with Gasteiger partial charge in [0.15, 0.2) is 0 Å². The predicted octanol–water partition coefficient (Wildman–Crippen LogP) is 3.05. The largest absolute Gasteiger partial charge is 0.480 e. The van der Waals surface area contributed by atoms with Crippen LogP contribution in [0.2, 0.25) is 10.0 Å². The molecule has 1 saturated carbocycles. The zero-order valence-corrected chi connectivity index (χ0v) is 12.3. The maximum atomic E-state index is 11.8. The quantitative estimate of drug-likeness (QED) is 0.877. The van der Waals surface area contributed by atoms with E-state index < -0.39 is 11.5 Å². The van der Waals surface area contributed by atoms with Crippen molar-refractivity contribution in [1.82, 2.24) is 5.32 Å². The van der Waals surface area contributed by atoms with Crippen LogP contribution in [0.1, 0.15) is 31.2 Å². The van der Waals surface area contributed by atoms with Gasteiger partial charge in [0.2, 0.25) is 5.91 Å². The van der Waals surface area contributed by atoms with E-state index in [-0.39, 0.29) is 12.3 Å². The van der Waals surface area contributed by atoms with Gasteiger partial charge in [0.25, 0.3) is 0 Å². The highest BCUT2D eigenvalue weighted by atomic mass is 35.5. The summed E-state index contributed by atoms with van der Waals surface area (Å²) in [6, 6.07) is 5.20. The number of benzene rings is 1. The van der Waals surface area contributed by atoms with Crippen molar-refractivity contribution in [3.8, 4) is 0 Å². The van der Waals surface area contributed by atoms with Crippen LogP contribution in [0.15, 0.2) is 18.2 Å². The Morgan fingerprint density at radius 1 is 1.25 bits per heavy atom. The van der Waals surface area contributed by atoms with Gasteiger partial charge in [0.1, 0.15) is 5.54 Å². The summed E-state index contributed by atoms with van der Waals surface area (Å²) in [4.78, 5) is 23.0. The fourth-order valence-electron chi connectivity index (χ4n) is 2.21. The normalized spacial score (nSPS) is 16.3. The molecular weight excluding hydrogens is 301 g/mol. The monoisotopic (exact) mass is 315 g/mol. The fraction of sp³-hybridized carbons (Fsp3) is 0.429. The minimum atomic E-state index is -1.05. The Morgan fingerprint density at radius 2 is 1.95 bits per heavy atom. The number of halogens is 2. The van der Waals surface area contributed by atoms with Gasteiger partial charge in [0, 0.05) is 6.42 Å². The van der Waals surface area contributed by atoms with Crippen molar-refractivity contribution in [2.24, 2.45) is 0 Å². The van der Waals surface area contributed by atoms with Crippen molar-refractivity contribution >= 4 is 35.1 Å². The first kappa shape index (κ1) is 15.1. The third-order valence-electron chi connectivity index (χ3n) is 3.62. The molecular formula is C14H15Cl2NO3.